The lowest BCUT2D eigenvalue weighted by atomic mass is 10.2. The monoisotopic (exact) mass is 303 g/mol. The molecule has 0 unspecified atom stereocenters. The van der Waals surface area contributed by atoms with Gasteiger partial charge in [-0.25, -0.2) is 17.1 Å². The molecule has 1 N–H and O–H groups in total. The zero-order valence-electron chi connectivity index (χ0n) is 11.5. The van der Waals surface area contributed by atoms with Crippen LogP contribution in [0.3, 0.4) is 0 Å². The molecule has 8 heteroatoms. The molecule has 0 aliphatic heterocycles. The fourth-order valence-electron chi connectivity index (χ4n) is 1.67. The first-order valence-corrected chi connectivity index (χ1v) is 8.04. The van der Waals surface area contributed by atoms with Crippen molar-refractivity contribution in [3.05, 3.63) is 29.8 Å². The molecule has 0 aliphatic rings. The number of amides is 1. The van der Waals surface area contributed by atoms with E-state index < -0.39 is 21.7 Å². The normalized spacial score (nSPS) is 11.6. The number of aromatic nitrogens is 1. The molecule has 1 aromatic rings. The second kappa shape index (κ2) is 7.30. The van der Waals surface area contributed by atoms with Gasteiger partial charge in [0.05, 0.1) is 18.0 Å². The van der Waals surface area contributed by atoms with Gasteiger partial charge in [0.2, 0.25) is 10.0 Å². The fourth-order valence-corrected chi connectivity index (χ4v) is 2.60. The van der Waals surface area contributed by atoms with Crippen LogP contribution in [0.25, 0.3) is 0 Å². The molecule has 0 atom stereocenters. The van der Waals surface area contributed by atoms with Gasteiger partial charge in [0.25, 0.3) is 5.91 Å². The van der Waals surface area contributed by atoms with Gasteiger partial charge in [0.1, 0.15) is 0 Å². The standard InChI is InChI=1S/C12H18FN3O3S/c1-3-16(20(2,18)19)8-4-6-15-12(17)10-5-7-14-9-11(10)13/h5,7,9H,3-4,6,8H2,1-2H3,(H,15,17). The van der Waals surface area contributed by atoms with Crippen LogP contribution in [0.2, 0.25) is 0 Å². The third kappa shape index (κ3) is 4.86. The van der Waals surface area contributed by atoms with Crippen LogP contribution < -0.4 is 5.32 Å². The Kier molecular flexibility index (Phi) is 6.03. The molecule has 1 amide bonds. The average Bonchev–Trinajstić information content (AvgIpc) is 2.37. The summed E-state index contributed by atoms with van der Waals surface area (Å²) in [6, 6.07) is 1.29. The molecule has 0 bridgehead atoms. The molecule has 1 rings (SSSR count). The zero-order valence-corrected chi connectivity index (χ0v) is 12.3. The lowest BCUT2D eigenvalue weighted by Gasteiger charge is -2.17. The maximum Gasteiger partial charge on any atom is 0.254 e. The number of nitrogens with zero attached hydrogens (tertiary/aromatic N) is 2. The highest BCUT2D eigenvalue weighted by atomic mass is 32.2. The Morgan fingerprint density at radius 1 is 1.50 bits per heavy atom. The molecule has 112 valence electrons. The maximum atomic E-state index is 13.3. The number of carbonyl (C=O) groups excluding carboxylic acids is 1. The summed E-state index contributed by atoms with van der Waals surface area (Å²) in [4.78, 5) is 15.2. The summed E-state index contributed by atoms with van der Waals surface area (Å²) < 4.78 is 37.3. The number of rotatable bonds is 7. The van der Waals surface area contributed by atoms with E-state index in [0.29, 0.717) is 19.5 Å². The van der Waals surface area contributed by atoms with E-state index >= 15 is 0 Å². The Balaban J connectivity index is 2.42. The molecule has 0 saturated carbocycles. The summed E-state index contributed by atoms with van der Waals surface area (Å²) >= 11 is 0. The minimum atomic E-state index is -3.22. The van der Waals surface area contributed by atoms with Crippen molar-refractivity contribution in [3.8, 4) is 0 Å². The minimum absolute atomic E-state index is 0.0736. The second-order valence-electron chi connectivity index (χ2n) is 4.22. The Labute approximate surface area is 118 Å². The van der Waals surface area contributed by atoms with Crippen molar-refractivity contribution < 1.29 is 17.6 Å². The van der Waals surface area contributed by atoms with Crippen LogP contribution in [0.4, 0.5) is 4.39 Å². The molecule has 0 spiro atoms. The Morgan fingerprint density at radius 2 is 2.20 bits per heavy atom. The van der Waals surface area contributed by atoms with Crippen LogP contribution in [-0.4, -0.2) is 49.5 Å². The number of halogens is 1. The SMILES string of the molecule is CCN(CCCNC(=O)c1ccncc1F)S(C)(=O)=O. The van der Waals surface area contributed by atoms with Crippen molar-refractivity contribution in [3.63, 3.8) is 0 Å². The van der Waals surface area contributed by atoms with Crippen molar-refractivity contribution in [2.45, 2.75) is 13.3 Å². The van der Waals surface area contributed by atoms with Crippen LogP contribution in [0.15, 0.2) is 18.5 Å². The number of carbonyl (C=O) groups is 1. The molecule has 0 aromatic carbocycles. The van der Waals surface area contributed by atoms with E-state index in [1.54, 1.807) is 6.92 Å². The van der Waals surface area contributed by atoms with Gasteiger partial charge in [0, 0.05) is 25.8 Å². The predicted octanol–water partition coefficient (Wildman–Crippen LogP) is 0.622. The molecule has 0 fully saturated rings. The van der Waals surface area contributed by atoms with E-state index in [9.17, 15) is 17.6 Å². The number of pyridine rings is 1. The summed E-state index contributed by atoms with van der Waals surface area (Å²) in [6.45, 7) is 2.71. The van der Waals surface area contributed by atoms with Crippen LogP contribution >= 0.6 is 0 Å². The minimum Gasteiger partial charge on any atom is -0.352 e. The van der Waals surface area contributed by atoms with E-state index in [4.69, 9.17) is 0 Å². The Hall–Kier alpha value is -1.54. The highest BCUT2D eigenvalue weighted by Crippen LogP contribution is 2.04. The van der Waals surface area contributed by atoms with E-state index in [0.717, 1.165) is 12.5 Å². The molecule has 0 radical (unpaired) electrons. The predicted molar refractivity (Wildman–Crippen MR) is 73.2 cm³/mol. The topological polar surface area (TPSA) is 79.4 Å². The highest BCUT2D eigenvalue weighted by molar-refractivity contribution is 7.88. The fraction of sp³-hybridized carbons (Fsp3) is 0.500. The first-order valence-electron chi connectivity index (χ1n) is 6.19. The van der Waals surface area contributed by atoms with Gasteiger partial charge < -0.3 is 5.32 Å². The van der Waals surface area contributed by atoms with E-state index in [-0.39, 0.29) is 12.1 Å². The number of sulfonamides is 1. The summed E-state index contributed by atoms with van der Waals surface area (Å²) in [7, 11) is -3.22. The molecule has 20 heavy (non-hydrogen) atoms. The van der Waals surface area contributed by atoms with Crippen LogP contribution in [0, 0.1) is 5.82 Å². The van der Waals surface area contributed by atoms with Crippen molar-refractivity contribution >= 4 is 15.9 Å². The van der Waals surface area contributed by atoms with Gasteiger partial charge in [-0.3, -0.25) is 9.78 Å². The molecule has 1 heterocycles. The number of hydrogen-bond acceptors (Lipinski definition) is 4. The third-order valence-electron chi connectivity index (χ3n) is 2.71. The Morgan fingerprint density at radius 3 is 2.75 bits per heavy atom. The lowest BCUT2D eigenvalue weighted by Crippen LogP contribution is -2.33. The van der Waals surface area contributed by atoms with Gasteiger partial charge in [0.15, 0.2) is 5.82 Å². The lowest BCUT2D eigenvalue weighted by molar-refractivity contribution is 0.0948. The summed E-state index contributed by atoms with van der Waals surface area (Å²) in [5.74, 6) is -1.22. The average molecular weight is 303 g/mol. The smallest absolute Gasteiger partial charge is 0.254 e. The van der Waals surface area contributed by atoms with Crippen LogP contribution in [0.1, 0.15) is 23.7 Å². The van der Waals surface area contributed by atoms with Gasteiger partial charge in [-0.2, -0.15) is 0 Å². The van der Waals surface area contributed by atoms with E-state index in [1.807, 2.05) is 0 Å². The largest absolute Gasteiger partial charge is 0.352 e. The summed E-state index contributed by atoms with van der Waals surface area (Å²) in [6.07, 6.45) is 3.90. The van der Waals surface area contributed by atoms with Gasteiger partial charge in [-0.15, -0.1) is 0 Å². The van der Waals surface area contributed by atoms with Crippen molar-refractivity contribution in [2.24, 2.45) is 0 Å². The third-order valence-corrected chi connectivity index (χ3v) is 4.09. The maximum absolute atomic E-state index is 13.3. The second-order valence-corrected chi connectivity index (χ2v) is 6.20. The molecule has 0 saturated heterocycles. The van der Waals surface area contributed by atoms with Crippen molar-refractivity contribution in [2.75, 3.05) is 25.9 Å². The van der Waals surface area contributed by atoms with E-state index in [1.165, 1.54) is 16.6 Å². The molecular formula is C12H18FN3O3S. The van der Waals surface area contributed by atoms with Crippen LogP contribution in [0.5, 0.6) is 0 Å². The number of nitrogens with one attached hydrogen (secondary N) is 1. The van der Waals surface area contributed by atoms with Gasteiger partial charge >= 0.3 is 0 Å². The molecule has 1 aromatic heterocycles. The first-order chi connectivity index (χ1) is 9.36. The highest BCUT2D eigenvalue weighted by Gasteiger charge is 2.14. The van der Waals surface area contributed by atoms with Crippen LogP contribution in [-0.2, 0) is 10.0 Å². The number of hydrogen-bond donors (Lipinski definition) is 1. The van der Waals surface area contributed by atoms with Gasteiger partial charge in [-0.05, 0) is 12.5 Å². The molecule has 6 nitrogen and oxygen atoms in total. The summed E-state index contributed by atoms with van der Waals surface area (Å²) in [5, 5.41) is 2.54. The molecule has 0 aliphatic carbocycles. The quantitative estimate of drug-likeness (QED) is 0.749. The summed E-state index contributed by atoms with van der Waals surface area (Å²) in [5.41, 5.74) is -0.0736. The van der Waals surface area contributed by atoms with E-state index in [2.05, 4.69) is 10.3 Å². The van der Waals surface area contributed by atoms with Crippen molar-refractivity contribution in [1.29, 1.82) is 0 Å². The Bertz CT molecular complexity index is 563. The van der Waals surface area contributed by atoms with Crippen molar-refractivity contribution in [1.82, 2.24) is 14.6 Å². The first kappa shape index (κ1) is 16.5. The zero-order chi connectivity index (χ0) is 15.2. The molecular weight excluding hydrogens is 285 g/mol. The van der Waals surface area contributed by atoms with Gasteiger partial charge in [-0.1, -0.05) is 6.92 Å².